The van der Waals surface area contributed by atoms with Gasteiger partial charge in [-0.05, 0) is 36.6 Å². The molecule has 1 heterocycles. The first-order chi connectivity index (χ1) is 13.4. The lowest BCUT2D eigenvalue weighted by Crippen LogP contribution is -2.50. The molecule has 0 aliphatic carbocycles. The Hall–Kier alpha value is -2.74. The van der Waals surface area contributed by atoms with Gasteiger partial charge in [0.1, 0.15) is 11.5 Å². The quantitative estimate of drug-likeness (QED) is 0.713. The van der Waals surface area contributed by atoms with Crippen molar-refractivity contribution < 1.29 is 22.7 Å². The van der Waals surface area contributed by atoms with Crippen LogP contribution in [0.3, 0.4) is 0 Å². The molecule has 0 bridgehead atoms. The van der Waals surface area contributed by atoms with Gasteiger partial charge in [0.05, 0.1) is 25.6 Å². The van der Waals surface area contributed by atoms with Gasteiger partial charge in [-0.2, -0.15) is 0 Å². The highest BCUT2D eigenvalue weighted by Gasteiger charge is 2.34. The number of nitrogens with one attached hydrogen (secondary N) is 1. The molecule has 7 nitrogen and oxygen atoms in total. The molecule has 0 aromatic heterocycles. The van der Waals surface area contributed by atoms with Crippen LogP contribution in [-0.4, -0.2) is 46.9 Å². The summed E-state index contributed by atoms with van der Waals surface area (Å²) in [4.78, 5) is 12.5. The number of benzene rings is 2. The van der Waals surface area contributed by atoms with Gasteiger partial charge in [0.2, 0.25) is 10.0 Å². The molecule has 1 atom stereocenters. The lowest BCUT2D eigenvalue weighted by atomic mass is 10.1. The molecule has 3 rings (SSSR count). The monoisotopic (exact) mass is 404 g/mol. The second-order valence-electron chi connectivity index (χ2n) is 6.57. The van der Waals surface area contributed by atoms with E-state index in [-0.39, 0.29) is 12.5 Å². The molecule has 0 saturated heterocycles. The zero-order valence-electron chi connectivity index (χ0n) is 15.9. The normalized spacial score (nSPS) is 16.1. The summed E-state index contributed by atoms with van der Waals surface area (Å²) in [5, 5.41) is 2.84. The Kier molecular flexibility index (Phi) is 6.08. The molecule has 0 spiro atoms. The minimum absolute atomic E-state index is 0.0474. The van der Waals surface area contributed by atoms with E-state index < -0.39 is 16.1 Å². The van der Waals surface area contributed by atoms with Crippen LogP contribution in [0, 0.1) is 0 Å². The van der Waals surface area contributed by atoms with Crippen molar-refractivity contribution in [3.05, 3.63) is 54.1 Å². The highest BCUT2D eigenvalue weighted by molar-refractivity contribution is 7.92. The van der Waals surface area contributed by atoms with Crippen LogP contribution in [0.2, 0.25) is 0 Å². The summed E-state index contributed by atoms with van der Waals surface area (Å²) >= 11 is 0. The molecule has 1 N–H and O–H groups in total. The van der Waals surface area contributed by atoms with E-state index in [2.05, 4.69) is 5.32 Å². The van der Waals surface area contributed by atoms with Gasteiger partial charge in [-0.15, -0.1) is 0 Å². The number of para-hydroxylation sites is 3. The fraction of sp³-hybridized carbons (Fsp3) is 0.350. The summed E-state index contributed by atoms with van der Waals surface area (Å²) in [5.41, 5.74) is 1.52. The van der Waals surface area contributed by atoms with Gasteiger partial charge >= 0.3 is 0 Å². The van der Waals surface area contributed by atoms with Crippen molar-refractivity contribution in [1.82, 2.24) is 5.32 Å². The van der Waals surface area contributed by atoms with Crippen molar-refractivity contribution in [3.63, 3.8) is 0 Å². The van der Waals surface area contributed by atoms with E-state index in [1.807, 2.05) is 24.3 Å². The van der Waals surface area contributed by atoms with E-state index in [1.165, 1.54) is 4.31 Å². The first kappa shape index (κ1) is 20.0. The molecule has 0 fully saturated rings. The maximum absolute atomic E-state index is 12.5. The number of carbonyl (C=O) groups excluding carboxylic acids is 1. The number of hydrogen-bond donors (Lipinski definition) is 1. The van der Waals surface area contributed by atoms with Crippen molar-refractivity contribution in [1.29, 1.82) is 0 Å². The molecule has 2 aromatic rings. The predicted octanol–water partition coefficient (Wildman–Crippen LogP) is 1.97. The van der Waals surface area contributed by atoms with Crippen molar-refractivity contribution >= 4 is 21.6 Å². The zero-order chi connectivity index (χ0) is 20.1. The standard InChI is InChI=1S/C20H24N2O5S/c1-26-17-11-5-3-8-15(17)9-7-13-21-20(23)19-14-22(28(2,24)25)16-10-4-6-12-18(16)27-19/h3-6,8,10-12,19H,7,9,13-14H2,1-2H3,(H,21,23). The molecule has 8 heteroatoms. The lowest BCUT2D eigenvalue weighted by Gasteiger charge is -2.33. The Labute approximate surface area is 165 Å². The van der Waals surface area contributed by atoms with Gasteiger partial charge in [0, 0.05) is 6.54 Å². The minimum Gasteiger partial charge on any atom is -0.496 e. The number of hydrogen-bond acceptors (Lipinski definition) is 5. The molecule has 1 aliphatic rings. The summed E-state index contributed by atoms with van der Waals surface area (Å²) in [6.07, 6.45) is 1.72. The Bertz CT molecular complexity index is 945. The second-order valence-corrected chi connectivity index (χ2v) is 8.48. The third kappa shape index (κ3) is 4.56. The fourth-order valence-electron chi connectivity index (χ4n) is 3.17. The molecule has 0 saturated carbocycles. The maximum atomic E-state index is 12.5. The summed E-state index contributed by atoms with van der Waals surface area (Å²) in [5.74, 6) is 0.876. The summed E-state index contributed by atoms with van der Waals surface area (Å²) in [7, 11) is -1.88. The van der Waals surface area contributed by atoms with Gasteiger partial charge in [0.15, 0.2) is 6.10 Å². The molecule has 1 unspecified atom stereocenters. The van der Waals surface area contributed by atoms with Gasteiger partial charge in [-0.1, -0.05) is 30.3 Å². The molecule has 0 radical (unpaired) electrons. The Morgan fingerprint density at radius 2 is 1.93 bits per heavy atom. The van der Waals surface area contributed by atoms with Gasteiger partial charge in [-0.3, -0.25) is 9.10 Å². The highest BCUT2D eigenvalue weighted by Crippen LogP contribution is 2.34. The second kappa shape index (κ2) is 8.52. The topological polar surface area (TPSA) is 84.9 Å². The van der Waals surface area contributed by atoms with Gasteiger partial charge in [-0.25, -0.2) is 8.42 Å². The molecule has 28 heavy (non-hydrogen) atoms. The van der Waals surface area contributed by atoms with E-state index in [9.17, 15) is 13.2 Å². The van der Waals surface area contributed by atoms with E-state index in [0.717, 1.165) is 30.4 Å². The molecule has 1 amide bonds. The van der Waals surface area contributed by atoms with Crippen LogP contribution in [0.5, 0.6) is 11.5 Å². The van der Waals surface area contributed by atoms with Crippen LogP contribution in [0.25, 0.3) is 0 Å². The lowest BCUT2D eigenvalue weighted by molar-refractivity contribution is -0.127. The van der Waals surface area contributed by atoms with E-state index in [1.54, 1.807) is 31.4 Å². The van der Waals surface area contributed by atoms with Gasteiger partial charge in [0.25, 0.3) is 5.91 Å². The first-order valence-corrected chi connectivity index (χ1v) is 10.9. The van der Waals surface area contributed by atoms with Crippen molar-refractivity contribution in [3.8, 4) is 11.5 Å². The smallest absolute Gasteiger partial charge is 0.263 e. The molecule has 2 aromatic carbocycles. The van der Waals surface area contributed by atoms with Crippen molar-refractivity contribution in [2.45, 2.75) is 18.9 Å². The summed E-state index contributed by atoms with van der Waals surface area (Å²) < 4.78 is 36.5. The fourth-order valence-corrected chi connectivity index (χ4v) is 4.08. The molecule has 1 aliphatic heterocycles. The average molecular weight is 404 g/mol. The highest BCUT2D eigenvalue weighted by atomic mass is 32.2. The number of sulfonamides is 1. The van der Waals surface area contributed by atoms with Crippen molar-refractivity contribution in [2.75, 3.05) is 30.8 Å². The zero-order valence-corrected chi connectivity index (χ0v) is 16.7. The van der Waals surface area contributed by atoms with Crippen LogP contribution in [0.4, 0.5) is 5.69 Å². The van der Waals surface area contributed by atoms with Gasteiger partial charge < -0.3 is 14.8 Å². The first-order valence-electron chi connectivity index (χ1n) is 9.03. The van der Waals surface area contributed by atoms with E-state index >= 15 is 0 Å². The maximum Gasteiger partial charge on any atom is 0.263 e. The molecular formula is C20H24N2O5S. The molecule has 150 valence electrons. The van der Waals surface area contributed by atoms with Crippen molar-refractivity contribution in [2.24, 2.45) is 0 Å². The minimum atomic E-state index is -3.52. The number of ether oxygens (including phenoxy) is 2. The van der Waals surface area contributed by atoms with Crippen LogP contribution in [0.1, 0.15) is 12.0 Å². The third-order valence-electron chi connectivity index (χ3n) is 4.54. The van der Waals surface area contributed by atoms with Crippen LogP contribution in [0.15, 0.2) is 48.5 Å². The average Bonchev–Trinajstić information content (AvgIpc) is 2.69. The van der Waals surface area contributed by atoms with Crippen LogP contribution in [-0.2, 0) is 21.2 Å². The number of nitrogens with zero attached hydrogens (tertiary/aromatic N) is 1. The van der Waals surface area contributed by atoms with Crippen LogP contribution < -0.4 is 19.1 Å². The van der Waals surface area contributed by atoms with Crippen LogP contribution >= 0.6 is 0 Å². The largest absolute Gasteiger partial charge is 0.496 e. The number of rotatable bonds is 7. The van der Waals surface area contributed by atoms with E-state index in [4.69, 9.17) is 9.47 Å². The Morgan fingerprint density at radius 3 is 2.68 bits per heavy atom. The Morgan fingerprint density at radius 1 is 1.21 bits per heavy atom. The predicted molar refractivity (Wildman–Crippen MR) is 107 cm³/mol. The van der Waals surface area contributed by atoms with E-state index in [0.29, 0.717) is 18.0 Å². The number of methoxy groups -OCH3 is 1. The SMILES string of the molecule is COc1ccccc1CCCNC(=O)C1CN(S(C)(=O)=O)c2ccccc2O1. The summed E-state index contributed by atoms with van der Waals surface area (Å²) in [6.45, 7) is 0.408. The number of fused-ring (bicyclic) bond motifs is 1. The number of amides is 1. The number of carbonyl (C=O) groups is 1. The summed E-state index contributed by atoms with van der Waals surface area (Å²) in [6, 6.07) is 14.6. The number of aryl methyl sites for hydroxylation is 1. The Balaban J connectivity index is 1.59. The third-order valence-corrected chi connectivity index (χ3v) is 5.69. The number of anilines is 1. The molecular weight excluding hydrogens is 380 g/mol.